The molecule has 1 aliphatic rings. The Morgan fingerprint density at radius 3 is 3.11 bits per heavy atom. The summed E-state index contributed by atoms with van der Waals surface area (Å²) in [6.45, 7) is 2.48. The van der Waals surface area contributed by atoms with E-state index in [0.29, 0.717) is 12.2 Å². The maximum atomic E-state index is 11.4. The highest BCUT2D eigenvalue weighted by Gasteiger charge is 2.44. The van der Waals surface area contributed by atoms with Crippen molar-refractivity contribution in [2.75, 3.05) is 11.4 Å². The standard InChI is InChI=1S/C12H14N4O2/c1-12(11(17)18)5-2-7-15(12)9-4-8-16-10(14-9)3-6-13-16/h3-4,6,8H,2,5,7H2,1H3,(H,17,18). The lowest BCUT2D eigenvalue weighted by atomic mass is 9.99. The number of carboxylic acid groups (broad SMARTS) is 1. The van der Waals surface area contributed by atoms with Crippen molar-refractivity contribution in [2.45, 2.75) is 25.3 Å². The Hall–Kier alpha value is -2.11. The largest absolute Gasteiger partial charge is 0.480 e. The minimum Gasteiger partial charge on any atom is -0.480 e. The second kappa shape index (κ2) is 3.69. The Morgan fingerprint density at radius 2 is 2.33 bits per heavy atom. The van der Waals surface area contributed by atoms with Gasteiger partial charge in [-0.25, -0.2) is 14.3 Å². The first-order valence-corrected chi connectivity index (χ1v) is 5.93. The summed E-state index contributed by atoms with van der Waals surface area (Å²) < 4.78 is 1.66. The molecular formula is C12H14N4O2. The van der Waals surface area contributed by atoms with E-state index in [4.69, 9.17) is 0 Å². The highest BCUT2D eigenvalue weighted by atomic mass is 16.4. The van der Waals surface area contributed by atoms with Crippen LogP contribution in [-0.4, -0.2) is 37.8 Å². The number of rotatable bonds is 2. The van der Waals surface area contributed by atoms with Gasteiger partial charge in [0.05, 0.1) is 6.20 Å². The van der Waals surface area contributed by atoms with E-state index in [1.54, 1.807) is 29.9 Å². The van der Waals surface area contributed by atoms with Gasteiger partial charge in [0.25, 0.3) is 0 Å². The van der Waals surface area contributed by atoms with Crippen LogP contribution in [0.15, 0.2) is 24.5 Å². The van der Waals surface area contributed by atoms with E-state index in [2.05, 4.69) is 10.1 Å². The van der Waals surface area contributed by atoms with Crippen molar-refractivity contribution in [2.24, 2.45) is 0 Å². The fourth-order valence-electron chi connectivity index (χ4n) is 2.51. The molecule has 0 aromatic carbocycles. The second-order valence-corrected chi connectivity index (χ2v) is 4.75. The fourth-order valence-corrected chi connectivity index (χ4v) is 2.51. The zero-order chi connectivity index (χ0) is 12.8. The second-order valence-electron chi connectivity index (χ2n) is 4.75. The highest BCUT2D eigenvalue weighted by Crippen LogP contribution is 2.33. The third kappa shape index (κ3) is 1.45. The van der Waals surface area contributed by atoms with Crippen molar-refractivity contribution >= 4 is 17.4 Å². The molecule has 0 saturated carbocycles. The van der Waals surface area contributed by atoms with Crippen molar-refractivity contribution < 1.29 is 9.90 Å². The summed E-state index contributed by atoms with van der Waals surface area (Å²) in [4.78, 5) is 17.8. The minimum atomic E-state index is -0.856. The Bertz CT molecular complexity index is 609. The molecular weight excluding hydrogens is 232 g/mol. The summed E-state index contributed by atoms with van der Waals surface area (Å²) in [6.07, 6.45) is 4.99. The van der Waals surface area contributed by atoms with Crippen LogP contribution in [0.25, 0.3) is 5.65 Å². The molecule has 2 aromatic heterocycles. The molecule has 3 rings (SSSR count). The zero-order valence-electron chi connectivity index (χ0n) is 10.1. The molecule has 3 heterocycles. The summed E-state index contributed by atoms with van der Waals surface area (Å²) in [6, 6.07) is 3.62. The van der Waals surface area contributed by atoms with Crippen LogP contribution in [0.1, 0.15) is 19.8 Å². The van der Waals surface area contributed by atoms with Gasteiger partial charge in [-0.2, -0.15) is 5.10 Å². The Morgan fingerprint density at radius 1 is 1.50 bits per heavy atom. The van der Waals surface area contributed by atoms with Crippen LogP contribution in [0.2, 0.25) is 0 Å². The lowest BCUT2D eigenvalue weighted by molar-refractivity contribution is -0.142. The van der Waals surface area contributed by atoms with Crippen LogP contribution in [0.4, 0.5) is 5.82 Å². The predicted octanol–water partition coefficient (Wildman–Crippen LogP) is 1.17. The van der Waals surface area contributed by atoms with Gasteiger partial charge in [0.1, 0.15) is 11.4 Å². The summed E-state index contributed by atoms with van der Waals surface area (Å²) in [5, 5.41) is 13.5. The van der Waals surface area contributed by atoms with E-state index in [-0.39, 0.29) is 0 Å². The number of hydrogen-bond donors (Lipinski definition) is 1. The van der Waals surface area contributed by atoms with Crippen LogP contribution in [0.3, 0.4) is 0 Å². The number of fused-ring (bicyclic) bond motifs is 1. The van der Waals surface area contributed by atoms with Gasteiger partial charge in [0, 0.05) is 18.8 Å². The van der Waals surface area contributed by atoms with E-state index in [9.17, 15) is 9.90 Å². The molecule has 0 radical (unpaired) electrons. The van der Waals surface area contributed by atoms with E-state index in [1.165, 1.54) is 0 Å². The van der Waals surface area contributed by atoms with Gasteiger partial charge in [-0.15, -0.1) is 0 Å². The SMILES string of the molecule is CC1(C(=O)O)CCCN1c1ccn2nccc2n1. The normalized spacial score (nSPS) is 23.7. The maximum absolute atomic E-state index is 11.4. The molecule has 1 unspecified atom stereocenters. The van der Waals surface area contributed by atoms with Crippen molar-refractivity contribution in [1.82, 2.24) is 14.6 Å². The van der Waals surface area contributed by atoms with Gasteiger partial charge < -0.3 is 10.0 Å². The van der Waals surface area contributed by atoms with E-state index in [1.807, 2.05) is 11.0 Å². The van der Waals surface area contributed by atoms with Crippen LogP contribution in [0, 0.1) is 0 Å². The lowest BCUT2D eigenvalue weighted by Gasteiger charge is -2.32. The third-order valence-corrected chi connectivity index (χ3v) is 3.62. The first-order valence-electron chi connectivity index (χ1n) is 5.93. The van der Waals surface area contributed by atoms with Crippen molar-refractivity contribution in [1.29, 1.82) is 0 Å². The maximum Gasteiger partial charge on any atom is 0.329 e. The molecule has 6 nitrogen and oxygen atoms in total. The first kappa shape index (κ1) is 11.0. The zero-order valence-corrected chi connectivity index (χ0v) is 10.1. The van der Waals surface area contributed by atoms with Gasteiger partial charge in [-0.1, -0.05) is 0 Å². The average Bonchev–Trinajstić information content (AvgIpc) is 2.94. The number of nitrogens with zero attached hydrogens (tertiary/aromatic N) is 4. The van der Waals surface area contributed by atoms with Gasteiger partial charge in [-0.3, -0.25) is 0 Å². The van der Waals surface area contributed by atoms with Crippen LogP contribution in [-0.2, 0) is 4.79 Å². The third-order valence-electron chi connectivity index (χ3n) is 3.62. The fraction of sp³-hybridized carbons (Fsp3) is 0.417. The van der Waals surface area contributed by atoms with Gasteiger partial charge in [0.15, 0.2) is 5.65 Å². The van der Waals surface area contributed by atoms with Crippen molar-refractivity contribution in [3.05, 3.63) is 24.5 Å². The van der Waals surface area contributed by atoms with E-state index < -0.39 is 11.5 Å². The molecule has 0 aliphatic carbocycles. The number of hydrogen-bond acceptors (Lipinski definition) is 4. The Kier molecular flexibility index (Phi) is 2.26. The number of aromatic nitrogens is 3. The summed E-state index contributed by atoms with van der Waals surface area (Å²) in [7, 11) is 0. The van der Waals surface area contributed by atoms with Crippen molar-refractivity contribution in [3.63, 3.8) is 0 Å². The molecule has 0 bridgehead atoms. The van der Waals surface area contributed by atoms with Crippen LogP contribution >= 0.6 is 0 Å². The number of carboxylic acids is 1. The molecule has 0 amide bonds. The predicted molar refractivity (Wildman–Crippen MR) is 65.6 cm³/mol. The molecule has 1 N–H and O–H groups in total. The summed E-state index contributed by atoms with van der Waals surface area (Å²) >= 11 is 0. The van der Waals surface area contributed by atoms with Gasteiger partial charge >= 0.3 is 5.97 Å². The average molecular weight is 246 g/mol. The Balaban J connectivity index is 2.05. The summed E-state index contributed by atoms with van der Waals surface area (Å²) in [5.74, 6) is -0.0967. The number of carbonyl (C=O) groups is 1. The monoisotopic (exact) mass is 246 g/mol. The van der Waals surface area contributed by atoms with Crippen LogP contribution in [0.5, 0.6) is 0 Å². The lowest BCUT2D eigenvalue weighted by Crippen LogP contribution is -2.48. The number of anilines is 1. The van der Waals surface area contributed by atoms with Crippen LogP contribution < -0.4 is 4.90 Å². The Labute approximate surface area is 104 Å². The van der Waals surface area contributed by atoms with E-state index >= 15 is 0 Å². The van der Waals surface area contributed by atoms with Gasteiger partial charge in [0.2, 0.25) is 0 Å². The molecule has 2 aromatic rings. The first-order chi connectivity index (χ1) is 8.61. The molecule has 0 spiro atoms. The molecule has 94 valence electrons. The molecule has 18 heavy (non-hydrogen) atoms. The molecule has 1 fully saturated rings. The quantitative estimate of drug-likeness (QED) is 0.861. The van der Waals surface area contributed by atoms with E-state index in [0.717, 1.165) is 18.6 Å². The molecule has 6 heteroatoms. The van der Waals surface area contributed by atoms with Crippen molar-refractivity contribution in [3.8, 4) is 0 Å². The summed E-state index contributed by atoms with van der Waals surface area (Å²) in [5.41, 5.74) is -0.127. The minimum absolute atomic E-state index is 0.647. The van der Waals surface area contributed by atoms with Gasteiger partial charge in [-0.05, 0) is 25.8 Å². The number of aliphatic carboxylic acids is 1. The smallest absolute Gasteiger partial charge is 0.329 e. The topological polar surface area (TPSA) is 70.7 Å². The molecule has 1 saturated heterocycles. The molecule has 1 atom stereocenters. The highest BCUT2D eigenvalue weighted by molar-refractivity contribution is 5.83. The molecule has 1 aliphatic heterocycles.